The normalized spacial score (nSPS) is 11.9. The Labute approximate surface area is 152 Å². The number of nitrogens with one attached hydrogen (secondary N) is 3. The maximum atomic E-state index is 12.1. The van der Waals surface area contributed by atoms with Crippen molar-refractivity contribution >= 4 is 22.8 Å². The van der Waals surface area contributed by atoms with Crippen LogP contribution >= 0.6 is 0 Å². The van der Waals surface area contributed by atoms with Crippen molar-refractivity contribution in [2.75, 3.05) is 6.54 Å². The molecule has 0 bridgehead atoms. The predicted octanol–water partition coefficient (Wildman–Crippen LogP) is 2.43. The quantitative estimate of drug-likeness (QED) is 0.572. The topological polar surface area (TPSA) is 86.9 Å². The summed E-state index contributed by atoms with van der Waals surface area (Å²) in [5.74, 6) is 0.459. The number of amides is 2. The molecule has 0 aliphatic carbocycles. The van der Waals surface area contributed by atoms with E-state index in [0.29, 0.717) is 12.1 Å². The molecule has 0 fully saturated rings. The van der Waals surface area contributed by atoms with Crippen LogP contribution in [0.1, 0.15) is 29.5 Å². The summed E-state index contributed by atoms with van der Waals surface area (Å²) in [7, 11) is 0. The third kappa shape index (κ3) is 4.47. The van der Waals surface area contributed by atoms with Crippen LogP contribution in [0.25, 0.3) is 11.0 Å². The highest BCUT2D eigenvalue weighted by Gasteiger charge is 2.15. The van der Waals surface area contributed by atoms with Crippen LogP contribution in [0, 0.1) is 0 Å². The molecule has 2 aromatic carbocycles. The first kappa shape index (κ1) is 17.7. The van der Waals surface area contributed by atoms with Crippen LogP contribution in [0.3, 0.4) is 0 Å². The molecule has 1 unspecified atom stereocenters. The Bertz CT molecular complexity index is 856. The predicted molar refractivity (Wildman–Crippen MR) is 101 cm³/mol. The average Bonchev–Trinajstić information content (AvgIpc) is 3.08. The lowest BCUT2D eigenvalue weighted by molar-refractivity contribution is -0.122. The Hall–Kier alpha value is -3.15. The summed E-state index contributed by atoms with van der Waals surface area (Å²) in [6.07, 6.45) is 1.52. The van der Waals surface area contributed by atoms with E-state index in [0.717, 1.165) is 29.7 Å². The van der Waals surface area contributed by atoms with Crippen molar-refractivity contribution in [3.8, 4) is 0 Å². The first-order valence-electron chi connectivity index (χ1n) is 8.71. The lowest BCUT2D eigenvalue weighted by Gasteiger charge is -2.14. The summed E-state index contributed by atoms with van der Waals surface area (Å²) in [6.45, 7) is 2.21. The highest BCUT2D eigenvalue weighted by atomic mass is 16.2. The van der Waals surface area contributed by atoms with Crippen molar-refractivity contribution in [3.05, 3.63) is 66.0 Å². The minimum atomic E-state index is -0.589. The van der Waals surface area contributed by atoms with Gasteiger partial charge in [0.05, 0.1) is 11.0 Å². The van der Waals surface area contributed by atoms with Gasteiger partial charge in [-0.3, -0.25) is 9.59 Å². The van der Waals surface area contributed by atoms with E-state index >= 15 is 0 Å². The van der Waals surface area contributed by atoms with Crippen LogP contribution in [-0.4, -0.2) is 34.4 Å². The second kappa shape index (κ2) is 8.29. The first-order chi connectivity index (χ1) is 12.6. The third-order valence-corrected chi connectivity index (χ3v) is 4.10. The van der Waals surface area contributed by atoms with Gasteiger partial charge in [-0.05, 0) is 37.6 Å². The van der Waals surface area contributed by atoms with E-state index < -0.39 is 6.04 Å². The molecule has 3 aromatic rings. The van der Waals surface area contributed by atoms with E-state index in [1.54, 1.807) is 31.2 Å². The molecule has 0 radical (unpaired) electrons. The number of rotatable bonds is 7. The molecule has 6 nitrogen and oxygen atoms in total. The highest BCUT2D eigenvalue weighted by molar-refractivity contribution is 5.97. The monoisotopic (exact) mass is 350 g/mol. The molecular weight excluding hydrogens is 328 g/mol. The van der Waals surface area contributed by atoms with Gasteiger partial charge < -0.3 is 15.6 Å². The van der Waals surface area contributed by atoms with Crippen molar-refractivity contribution in [3.63, 3.8) is 0 Å². The highest BCUT2D eigenvalue weighted by Crippen LogP contribution is 2.11. The Morgan fingerprint density at radius 1 is 1.08 bits per heavy atom. The number of carbonyl (C=O) groups excluding carboxylic acids is 2. The van der Waals surface area contributed by atoms with Gasteiger partial charge in [0, 0.05) is 18.5 Å². The number of aromatic nitrogens is 2. The van der Waals surface area contributed by atoms with Crippen LogP contribution < -0.4 is 10.6 Å². The number of aromatic amines is 1. The fraction of sp³-hybridized carbons (Fsp3) is 0.250. The summed E-state index contributed by atoms with van der Waals surface area (Å²) >= 11 is 0. The number of hydrogen-bond donors (Lipinski definition) is 3. The van der Waals surface area contributed by atoms with E-state index in [1.165, 1.54) is 0 Å². The fourth-order valence-electron chi connectivity index (χ4n) is 2.68. The van der Waals surface area contributed by atoms with Crippen LogP contribution in [0.5, 0.6) is 0 Å². The Morgan fingerprint density at radius 3 is 2.58 bits per heavy atom. The number of fused-ring (bicyclic) bond motifs is 1. The van der Waals surface area contributed by atoms with Crippen molar-refractivity contribution in [1.29, 1.82) is 0 Å². The molecule has 1 atom stereocenters. The number of hydrogen-bond acceptors (Lipinski definition) is 3. The fourth-order valence-corrected chi connectivity index (χ4v) is 2.68. The molecule has 0 spiro atoms. The molecule has 2 amide bonds. The van der Waals surface area contributed by atoms with Crippen LogP contribution in [0.2, 0.25) is 0 Å². The minimum Gasteiger partial charge on any atom is -0.354 e. The smallest absolute Gasteiger partial charge is 0.251 e. The van der Waals surface area contributed by atoms with Gasteiger partial charge in [-0.1, -0.05) is 30.3 Å². The van der Waals surface area contributed by atoms with Gasteiger partial charge in [-0.25, -0.2) is 4.98 Å². The Kier molecular flexibility index (Phi) is 5.63. The van der Waals surface area contributed by atoms with Gasteiger partial charge >= 0.3 is 0 Å². The zero-order chi connectivity index (χ0) is 18.4. The van der Waals surface area contributed by atoms with Crippen molar-refractivity contribution in [1.82, 2.24) is 20.6 Å². The lowest BCUT2D eigenvalue weighted by atomic mass is 10.2. The largest absolute Gasteiger partial charge is 0.354 e. The van der Waals surface area contributed by atoms with E-state index in [-0.39, 0.29) is 11.8 Å². The third-order valence-electron chi connectivity index (χ3n) is 4.10. The molecule has 0 aliphatic heterocycles. The molecule has 134 valence electrons. The molecule has 1 heterocycles. The number of para-hydroxylation sites is 2. The molecule has 26 heavy (non-hydrogen) atoms. The zero-order valence-electron chi connectivity index (χ0n) is 14.7. The van der Waals surface area contributed by atoms with Gasteiger partial charge in [0.25, 0.3) is 5.91 Å². The van der Waals surface area contributed by atoms with Crippen molar-refractivity contribution in [2.45, 2.75) is 25.8 Å². The molecule has 6 heteroatoms. The molecule has 1 aromatic heterocycles. The number of benzene rings is 2. The Morgan fingerprint density at radius 2 is 1.81 bits per heavy atom. The molecule has 0 aliphatic rings. The summed E-state index contributed by atoms with van der Waals surface area (Å²) < 4.78 is 0. The Balaban J connectivity index is 1.41. The second-order valence-corrected chi connectivity index (χ2v) is 6.16. The maximum Gasteiger partial charge on any atom is 0.251 e. The molecule has 0 saturated heterocycles. The van der Waals surface area contributed by atoms with E-state index in [1.807, 2.05) is 30.3 Å². The number of nitrogens with zero attached hydrogens (tertiary/aromatic N) is 1. The summed E-state index contributed by atoms with van der Waals surface area (Å²) in [6, 6.07) is 16.1. The zero-order valence-corrected chi connectivity index (χ0v) is 14.7. The van der Waals surface area contributed by atoms with Crippen molar-refractivity contribution < 1.29 is 9.59 Å². The first-order valence-corrected chi connectivity index (χ1v) is 8.71. The standard InChI is InChI=1S/C20H22N4O2/c1-14(22-20(26)15-8-3-2-4-9-15)19(25)21-13-7-12-18-23-16-10-5-6-11-17(16)24-18/h2-6,8-11,14H,7,12-13H2,1H3,(H,21,25)(H,22,26)(H,23,24). The van der Waals surface area contributed by atoms with Crippen molar-refractivity contribution in [2.24, 2.45) is 0 Å². The van der Waals surface area contributed by atoms with Gasteiger partial charge in [0.1, 0.15) is 11.9 Å². The summed E-state index contributed by atoms with van der Waals surface area (Å²) in [5, 5.41) is 5.55. The second-order valence-electron chi connectivity index (χ2n) is 6.16. The van der Waals surface area contributed by atoms with E-state index in [2.05, 4.69) is 20.6 Å². The van der Waals surface area contributed by atoms with E-state index in [9.17, 15) is 9.59 Å². The minimum absolute atomic E-state index is 0.195. The van der Waals surface area contributed by atoms with Gasteiger partial charge in [0.2, 0.25) is 5.91 Å². The maximum absolute atomic E-state index is 12.1. The summed E-state index contributed by atoms with van der Waals surface area (Å²) in [4.78, 5) is 32.0. The number of H-pyrrole nitrogens is 1. The van der Waals surface area contributed by atoms with E-state index in [4.69, 9.17) is 0 Å². The molecule has 3 N–H and O–H groups in total. The number of imidazole rings is 1. The molecule has 3 rings (SSSR count). The molecule has 0 saturated carbocycles. The van der Waals surface area contributed by atoms with Crippen LogP contribution in [0.4, 0.5) is 0 Å². The molecular formula is C20H22N4O2. The summed E-state index contributed by atoms with van der Waals surface area (Å²) in [5.41, 5.74) is 2.50. The average molecular weight is 350 g/mol. The van der Waals surface area contributed by atoms with Crippen LogP contribution in [-0.2, 0) is 11.2 Å². The van der Waals surface area contributed by atoms with Gasteiger partial charge in [-0.15, -0.1) is 0 Å². The lowest BCUT2D eigenvalue weighted by Crippen LogP contribution is -2.45. The SMILES string of the molecule is CC(NC(=O)c1ccccc1)C(=O)NCCCc1nc2ccccc2[nH]1. The number of aryl methyl sites for hydroxylation is 1. The van der Waals surface area contributed by atoms with Gasteiger partial charge in [0.15, 0.2) is 0 Å². The number of carbonyl (C=O) groups is 2. The van der Waals surface area contributed by atoms with Gasteiger partial charge in [-0.2, -0.15) is 0 Å². The van der Waals surface area contributed by atoms with Crippen LogP contribution in [0.15, 0.2) is 54.6 Å².